The van der Waals surface area contributed by atoms with Crippen molar-refractivity contribution in [3.63, 3.8) is 0 Å². The van der Waals surface area contributed by atoms with Gasteiger partial charge in [-0.2, -0.15) is 0 Å². The maximum atomic E-state index is 13.3. The van der Waals surface area contributed by atoms with E-state index in [-0.39, 0.29) is 11.3 Å². The first kappa shape index (κ1) is 21.6. The summed E-state index contributed by atoms with van der Waals surface area (Å²) in [5.41, 5.74) is 2.14. The number of rotatable bonds is 6. The Kier molecular flexibility index (Phi) is 5.46. The van der Waals surface area contributed by atoms with E-state index in [0.717, 1.165) is 0 Å². The molecule has 9 heteroatoms. The molecule has 4 aromatic rings. The molecular formula is C25H20N4O4S. The van der Waals surface area contributed by atoms with Crippen molar-refractivity contribution in [3.05, 3.63) is 95.4 Å². The Hall–Kier alpha value is -4.24. The lowest BCUT2D eigenvalue weighted by Gasteiger charge is -2.23. The van der Waals surface area contributed by atoms with Crippen molar-refractivity contribution in [2.45, 2.75) is 13.0 Å². The van der Waals surface area contributed by atoms with E-state index >= 15 is 0 Å². The minimum atomic E-state index is -0.867. The molecule has 1 fully saturated rings. The third-order valence-electron chi connectivity index (χ3n) is 5.56. The maximum Gasteiger partial charge on any atom is 0.301 e. The summed E-state index contributed by atoms with van der Waals surface area (Å²) in [5, 5.41) is 13.6. The lowest BCUT2D eigenvalue weighted by Crippen LogP contribution is -2.29. The molecule has 3 aromatic heterocycles. The van der Waals surface area contributed by atoms with E-state index < -0.39 is 17.7 Å². The van der Waals surface area contributed by atoms with E-state index in [4.69, 9.17) is 4.74 Å². The van der Waals surface area contributed by atoms with Gasteiger partial charge < -0.3 is 9.84 Å². The van der Waals surface area contributed by atoms with Crippen LogP contribution in [-0.2, 0) is 9.59 Å². The van der Waals surface area contributed by atoms with Crippen molar-refractivity contribution >= 4 is 39.6 Å². The zero-order valence-electron chi connectivity index (χ0n) is 18.2. The van der Waals surface area contributed by atoms with Crippen LogP contribution in [0.3, 0.4) is 0 Å². The maximum absolute atomic E-state index is 13.3. The molecule has 1 unspecified atom stereocenters. The van der Waals surface area contributed by atoms with Crippen LogP contribution in [0.2, 0.25) is 0 Å². The summed E-state index contributed by atoms with van der Waals surface area (Å²) in [4.78, 5) is 36.5. The molecule has 1 aromatic carbocycles. The predicted molar refractivity (Wildman–Crippen MR) is 129 cm³/mol. The summed E-state index contributed by atoms with van der Waals surface area (Å²) >= 11 is 1.24. The fourth-order valence-electron chi connectivity index (χ4n) is 4.11. The Balaban J connectivity index is 1.71. The number of imidazole rings is 1. The van der Waals surface area contributed by atoms with E-state index in [9.17, 15) is 14.7 Å². The number of ketones is 1. The number of anilines is 1. The molecule has 0 saturated carbocycles. The summed E-state index contributed by atoms with van der Waals surface area (Å²) in [5.74, 6) is -1.20. The standard InChI is InChI=1S/C25H20N4O4S/c1-3-13-33-17-9-7-16(8-10-17)21-19(23(31)24(32)29(21)25-26-11-14-34-25)22(30)20-15(2)27-18-6-4-5-12-28(18)20/h3-12,14,21,30H,1,13H2,2H3/b22-19+. The molecule has 0 bridgehead atoms. The first-order valence-electron chi connectivity index (χ1n) is 10.5. The first-order valence-corrected chi connectivity index (χ1v) is 11.4. The highest BCUT2D eigenvalue weighted by molar-refractivity contribution is 7.14. The van der Waals surface area contributed by atoms with Crippen LogP contribution in [-0.4, -0.2) is 37.8 Å². The van der Waals surface area contributed by atoms with Gasteiger partial charge in [0.15, 0.2) is 10.9 Å². The Morgan fingerprint density at radius 3 is 2.74 bits per heavy atom. The lowest BCUT2D eigenvalue weighted by atomic mass is 9.96. The number of aromatic nitrogens is 3. The molecule has 1 amide bonds. The number of benzene rings is 1. The Labute approximate surface area is 199 Å². The molecule has 170 valence electrons. The SMILES string of the molecule is C=CCOc1ccc(C2/C(=C(\O)c3c(C)nc4ccccn34)C(=O)C(=O)N2c2nccs2)cc1. The molecule has 34 heavy (non-hydrogen) atoms. The number of carbonyl (C=O) groups is 2. The number of fused-ring (bicyclic) bond motifs is 1. The van der Waals surface area contributed by atoms with Crippen LogP contribution < -0.4 is 9.64 Å². The van der Waals surface area contributed by atoms with Gasteiger partial charge in [-0.25, -0.2) is 9.97 Å². The number of hydrogen-bond donors (Lipinski definition) is 1. The second-order valence-electron chi connectivity index (χ2n) is 7.63. The van der Waals surface area contributed by atoms with Crippen molar-refractivity contribution in [2.75, 3.05) is 11.5 Å². The van der Waals surface area contributed by atoms with E-state index in [0.29, 0.717) is 40.1 Å². The number of aliphatic hydroxyl groups is 1. The molecule has 0 radical (unpaired) electrons. The number of carbonyl (C=O) groups excluding carboxylic acids is 2. The van der Waals surface area contributed by atoms with E-state index in [1.807, 2.05) is 6.07 Å². The monoisotopic (exact) mass is 472 g/mol. The van der Waals surface area contributed by atoms with Gasteiger partial charge >= 0.3 is 5.91 Å². The largest absolute Gasteiger partial charge is 0.505 e. The average molecular weight is 473 g/mol. The number of hydrogen-bond acceptors (Lipinski definition) is 7. The molecule has 1 atom stereocenters. The van der Waals surface area contributed by atoms with Crippen LogP contribution in [0.25, 0.3) is 11.4 Å². The number of Topliss-reactive ketones (excluding diaryl/α,β-unsaturated/α-hetero) is 1. The molecule has 1 saturated heterocycles. The van der Waals surface area contributed by atoms with Gasteiger partial charge in [-0.1, -0.05) is 30.9 Å². The van der Waals surface area contributed by atoms with E-state index in [1.165, 1.54) is 16.2 Å². The van der Waals surface area contributed by atoms with E-state index in [1.54, 1.807) is 71.6 Å². The first-order chi connectivity index (χ1) is 16.5. The molecular weight excluding hydrogens is 452 g/mol. The molecule has 5 rings (SSSR count). The summed E-state index contributed by atoms with van der Waals surface area (Å²) in [6.45, 7) is 5.74. The molecule has 8 nitrogen and oxygen atoms in total. The fourth-order valence-corrected chi connectivity index (χ4v) is 4.78. The van der Waals surface area contributed by atoms with Crippen molar-refractivity contribution in [2.24, 2.45) is 0 Å². The Morgan fingerprint density at radius 2 is 2.03 bits per heavy atom. The highest BCUT2D eigenvalue weighted by Crippen LogP contribution is 2.43. The Bertz CT molecular complexity index is 1440. The predicted octanol–water partition coefficient (Wildman–Crippen LogP) is 4.29. The minimum Gasteiger partial charge on any atom is -0.505 e. The molecule has 1 aliphatic rings. The van der Waals surface area contributed by atoms with Crippen LogP contribution in [0.4, 0.5) is 5.13 Å². The highest BCUT2D eigenvalue weighted by atomic mass is 32.1. The van der Waals surface area contributed by atoms with Gasteiger partial charge in [0.25, 0.3) is 5.78 Å². The number of nitrogens with zero attached hydrogens (tertiary/aromatic N) is 4. The van der Waals surface area contributed by atoms with Crippen molar-refractivity contribution in [1.29, 1.82) is 0 Å². The number of pyridine rings is 1. The number of aryl methyl sites for hydroxylation is 1. The zero-order valence-corrected chi connectivity index (χ0v) is 19.0. The number of ether oxygens (including phenoxy) is 1. The van der Waals surface area contributed by atoms with Gasteiger partial charge in [-0.15, -0.1) is 11.3 Å². The van der Waals surface area contributed by atoms with Crippen LogP contribution >= 0.6 is 11.3 Å². The molecule has 4 heterocycles. The quantitative estimate of drug-likeness (QED) is 0.195. The van der Waals surface area contributed by atoms with E-state index in [2.05, 4.69) is 16.5 Å². The van der Waals surface area contributed by atoms with Crippen LogP contribution in [0.5, 0.6) is 5.75 Å². The smallest absolute Gasteiger partial charge is 0.301 e. The fraction of sp³-hybridized carbons (Fsp3) is 0.120. The van der Waals surface area contributed by atoms with Crippen LogP contribution in [0, 0.1) is 6.92 Å². The van der Waals surface area contributed by atoms with Crippen molar-refractivity contribution in [1.82, 2.24) is 14.4 Å². The van der Waals surface area contributed by atoms with Gasteiger partial charge in [-0.05, 0) is 36.8 Å². The highest BCUT2D eigenvalue weighted by Gasteiger charge is 2.48. The van der Waals surface area contributed by atoms with Crippen molar-refractivity contribution < 1.29 is 19.4 Å². The van der Waals surface area contributed by atoms with Crippen molar-refractivity contribution in [3.8, 4) is 5.75 Å². The van der Waals surface area contributed by atoms with Gasteiger partial charge in [0, 0.05) is 17.8 Å². The van der Waals surface area contributed by atoms with Gasteiger partial charge in [0.1, 0.15) is 23.7 Å². The molecule has 0 aliphatic carbocycles. The van der Waals surface area contributed by atoms with Gasteiger partial charge in [0.2, 0.25) is 0 Å². The average Bonchev–Trinajstić information content (AvgIpc) is 3.54. The second kappa shape index (κ2) is 8.60. The number of aliphatic hydroxyl groups excluding tert-OH is 1. The second-order valence-corrected chi connectivity index (χ2v) is 8.50. The number of thiazole rings is 1. The summed E-state index contributed by atoms with van der Waals surface area (Å²) in [6, 6.07) is 11.6. The summed E-state index contributed by atoms with van der Waals surface area (Å²) in [7, 11) is 0. The zero-order chi connectivity index (χ0) is 23.8. The van der Waals surface area contributed by atoms with Crippen LogP contribution in [0.1, 0.15) is 23.0 Å². The lowest BCUT2D eigenvalue weighted by molar-refractivity contribution is -0.132. The topological polar surface area (TPSA) is 97.0 Å². The summed E-state index contributed by atoms with van der Waals surface area (Å²) < 4.78 is 7.26. The van der Waals surface area contributed by atoms with Gasteiger partial charge in [-0.3, -0.25) is 18.9 Å². The van der Waals surface area contributed by atoms with Gasteiger partial charge in [0.05, 0.1) is 17.3 Å². The number of amides is 1. The minimum absolute atomic E-state index is 0.0197. The normalized spacial score (nSPS) is 17.4. The Morgan fingerprint density at radius 1 is 1.24 bits per heavy atom. The molecule has 1 aliphatic heterocycles. The molecule has 1 N–H and O–H groups in total. The third-order valence-corrected chi connectivity index (χ3v) is 6.33. The molecule has 0 spiro atoms. The third kappa shape index (κ3) is 3.46. The van der Waals surface area contributed by atoms with Crippen LogP contribution in [0.15, 0.2) is 78.5 Å². The summed E-state index contributed by atoms with van der Waals surface area (Å²) in [6.07, 6.45) is 4.96.